The maximum atomic E-state index is 11.8. The molecule has 0 atom stereocenters. The van der Waals surface area contributed by atoms with Crippen LogP contribution in [0, 0.1) is 0 Å². The maximum absolute atomic E-state index is 11.8. The summed E-state index contributed by atoms with van der Waals surface area (Å²) in [4.78, 5) is 25.0. The van der Waals surface area contributed by atoms with Gasteiger partial charge in [0.1, 0.15) is 11.2 Å². The number of hydrogen-bond donors (Lipinski definition) is 0. The smallest absolute Gasteiger partial charge is 0.268 e. The lowest BCUT2D eigenvalue weighted by atomic mass is 10.4. The molecule has 0 fully saturated rings. The zero-order valence-electron chi connectivity index (χ0n) is 6.91. The molecule has 0 bridgehead atoms. The minimum absolute atomic E-state index is 0.119. The lowest BCUT2D eigenvalue weighted by Gasteiger charge is -1.94. The van der Waals surface area contributed by atoms with Crippen molar-refractivity contribution in [1.82, 2.24) is 19.4 Å². The van der Waals surface area contributed by atoms with E-state index in [1.54, 1.807) is 12.4 Å². The predicted molar refractivity (Wildman–Crippen MR) is 52.4 cm³/mol. The highest BCUT2D eigenvalue weighted by Crippen LogP contribution is 2.14. The molecule has 0 aliphatic carbocycles. The highest BCUT2D eigenvalue weighted by atomic mass is 32.1. The lowest BCUT2D eigenvalue weighted by Crippen LogP contribution is -2.11. The van der Waals surface area contributed by atoms with Crippen LogP contribution in [0.1, 0.15) is 0 Å². The highest BCUT2D eigenvalue weighted by molar-refractivity contribution is 7.22. The molecule has 6 heteroatoms. The summed E-state index contributed by atoms with van der Waals surface area (Å²) in [6, 6.07) is 0. The van der Waals surface area contributed by atoms with Crippen molar-refractivity contribution in [2.24, 2.45) is 0 Å². The first-order valence-electron chi connectivity index (χ1n) is 3.92. The van der Waals surface area contributed by atoms with Crippen molar-refractivity contribution in [3.05, 3.63) is 35.3 Å². The quantitative estimate of drug-likeness (QED) is 0.540. The third kappa shape index (κ3) is 0.882. The summed E-state index contributed by atoms with van der Waals surface area (Å²) in [6.07, 6.45) is 6.19. The predicted octanol–water partition coefficient (Wildman–Crippen LogP) is 0.699. The van der Waals surface area contributed by atoms with Crippen molar-refractivity contribution in [2.45, 2.75) is 0 Å². The molecule has 3 rings (SSSR count). The second-order valence-corrected chi connectivity index (χ2v) is 3.68. The van der Waals surface area contributed by atoms with Gasteiger partial charge in [-0.1, -0.05) is 11.3 Å². The summed E-state index contributed by atoms with van der Waals surface area (Å²) in [7, 11) is 0. The zero-order chi connectivity index (χ0) is 9.54. The van der Waals surface area contributed by atoms with Crippen LogP contribution in [-0.2, 0) is 0 Å². The summed E-state index contributed by atoms with van der Waals surface area (Å²) in [5, 5.41) is 0.531. The van der Waals surface area contributed by atoms with Gasteiger partial charge in [-0.25, -0.2) is 15.0 Å². The standard InChI is InChI=1S/C8H4N4OS/c13-7-5-3-9-4-11-6(5)14-8-10-1-2-12(7)8/h1-4H. The van der Waals surface area contributed by atoms with Crippen molar-refractivity contribution in [3.8, 4) is 0 Å². The van der Waals surface area contributed by atoms with Gasteiger partial charge < -0.3 is 0 Å². The Morgan fingerprint density at radius 2 is 2.29 bits per heavy atom. The van der Waals surface area contributed by atoms with Crippen LogP contribution in [0.5, 0.6) is 0 Å². The second kappa shape index (κ2) is 2.58. The van der Waals surface area contributed by atoms with E-state index in [0.717, 1.165) is 0 Å². The van der Waals surface area contributed by atoms with Gasteiger partial charge in [-0.05, 0) is 0 Å². The van der Waals surface area contributed by atoms with E-state index in [4.69, 9.17) is 0 Å². The van der Waals surface area contributed by atoms with Crippen LogP contribution in [0.25, 0.3) is 15.2 Å². The van der Waals surface area contributed by atoms with E-state index < -0.39 is 0 Å². The van der Waals surface area contributed by atoms with E-state index in [9.17, 15) is 4.79 Å². The molecular weight excluding hydrogens is 200 g/mol. The number of aromatic nitrogens is 4. The number of hydrogen-bond acceptors (Lipinski definition) is 5. The Morgan fingerprint density at radius 1 is 1.36 bits per heavy atom. The van der Waals surface area contributed by atoms with E-state index in [0.29, 0.717) is 15.2 Å². The zero-order valence-corrected chi connectivity index (χ0v) is 7.73. The number of fused-ring (bicyclic) bond motifs is 2. The van der Waals surface area contributed by atoms with E-state index >= 15 is 0 Å². The van der Waals surface area contributed by atoms with Gasteiger partial charge in [-0.15, -0.1) is 0 Å². The average molecular weight is 204 g/mol. The second-order valence-electron chi connectivity index (χ2n) is 2.73. The molecule has 68 valence electrons. The van der Waals surface area contributed by atoms with Gasteiger partial charge in [0, 0.05) is 18.6 Å². The van der Waals surface area contributed by atoms with E-state index in [1.807, 2.05) is 0 Å². The minimum Gasteiger partial charge on any atom is -0.268 e. The molecule has 5 nitrogen and oxygen atoms in total. The van der Waals surface area contributed by atoms with Gasteiger partial charge in [0.05, 0.1) is 5.39 Å². The van der Waals surface area contributed by atoms with Gasteiger partial charge in [0.2, 0.25) is 0 Å². The summed E-state index contributed by atoms with van der Waals surface area (Å²) in [5.41, 5.74) is -0.119. The molecule has 0 saturated carbocycles. The normalized spacial score (nSPS) is 11.1. The summed E-state index contributed by atoms with van der Waals surface area (Å²) >= 11 is 1.37. The van der Waals surface area contributed by atoms with Crippen LogP contribution < -0.4 is 5.56 Å². The van der Waals surface area contributed by atoms with Crippen LogP contribution >= 0.6 is 11.3 Å². The van der Waals surface area contributed by atoms with Crippen LogP contribution in [-0.4, -0.2) is 19.4 Å². The van der Waals surface area contributed by atoms with Crippen molar-refractivity contribution in [2.75, 3.05) is 0 Å². The van der Waals surface area contributed by atoms with E-state index in [2.05, 4.69) is 15.0 Å². The van der Waals surface area contributed by atoms with Crippen LogP contribution in [0.4, 0.5) is 0 Å². The fourth-order valence-electron chi connectivity index (χ4n) is 1.28. The molecule has 0 radical (unpaired) electrons. The molecule has 3 aromatic rings. The van der Waals surface area contributed by atoms with Crippen molar-refractivity contribution >= 4 is 26.5 Å². The van der Waals surface area contributed by atoms with Gasteiger partial charge in [-0.3, -0.25) is 9.20 Å². The first-order valence-corrected chi connectivity index (χ1v) is 4.74. The molecule has 0 aliphatic rings. The topological polar surface area (TPSA) is 60.2 Å². The molecular formula is C8H4N4OS. The van der Waals surface area contributed by atoms with Crippen molar-refractivity contribution in [1.29, 1.82) is 0 Å². The summed E-state index contributed by atoms with van der Waals surface area (Å²) < 4.78 is 1.50. The summed E-state index contributed by atoms with van der Waals surface area (Å²) in [5.74, 6) is 0. The Hall–Kier alpha value is -1.82. The molecule has 0 saturated heterocycles. The molecule has 3 heterocycles. The largest absolute Gasteiger partial charge is 0.268 e. The number of rotatable bonds is 0. The molecule has 0 N–H and O–H groups in total. The molecule has 0 amide bonds. The van der Waals surface area contributed by atoms with Crippen molar-refractivity contribution in [3.63, 3.8) is 0 Å². The Kier molecular flexibility index (Phi) is 1.40. The first kappa shape index (κ1) is 7.57. The van der Waals surface area contributed by atoms with Crippen LogP contribution in [0.15, 0.2) is 29.7 Å². The monoisotopic (exact) mass is 204 g/mol. The molecule has 0 aliphatic heterocycles. The molecule has 14 heavy (non-hydrogen) atoms. The molecule has 0 spiro atoms. The van der Waals surface area contributed by atoms with Gasteiger partial charge >= 0.3 is 0 Å². The van der Waals surface area contributed by atoms with Gasteiger partial charge in [0.25, 0.3) is 5.56 Å². The Balaban J connectivity index is 2.70. The Bertz CT molecular complexity index is 671. The van der Waals surface area contributed by atoms with Crippen LogP contribution in [0.2, 0.25) is 0 Å². The number of imidazole rings is 1. The minimum atomic E-state index is -0.119. The molecule has 3 aromatic heterocycles. The summed E-state index contributed by atoms with van der Waals surface area (Å²) in [6.45, 7) is 0. The Morgan fingerprint density at radius 3 is 3.21 bits per heavy atom. The van der Waals surface area contributed by atoms with Crippen LogP contribution in [0.3, 0.4) is 0 Å². The molecule has 0 unspecified atom stereocenters. The fourth-order valence-corrected chi connectivity index (χ4v) is 2.16. The van der Waals surface area contributed by atoms with Crippen molar-refractivity contribution < 1.29 is 0 Å². The third-order valence-corrected chi connectivity index (χ3v) is 2.92. The highest BCUT2D eigenvalue weighted by Gasteiger charge is 2.05. The first-order chi connectivity index (χ1) is 6.86. The number of nitrogens with zero attached hydrogens (tertiary/aromatic N) is 4. The fraction of sp³-hybridized carbons (Fsp3) is 0. The van der Waals surface area contributed by atoms with Gasteiger partial charge in [0.15, 0.2) is 4.96 Å². The lowest BCUT2D eigenvalue weighted by molar-refractivity contribution is 1.14. The maximum Gasteiger partial charge on any atom is 0.268 e. The van der Waals surface area contributed by atoms with Gasteiger partial charge in [-0.2, -0.15) is 0 Å². The average Bonchev–Trinajstić information content (AvgIpc) is 2.66. The SMILES string of the molecule is O=c1c2cncnc2sc2nccn12. The molecule has 0 aromatic carbocycles. The van der Waals surface area contributed by atoms with E-state index in [-0.39, 0.29) is 5.56 Å². The third-order valence-electron chi connectivity index (χ3n) is 1.92. The Labute approximate surface area is 81.7 Å². The van der Waals surface area contributed by atoms with E-state index in [1.165, 1.54) is 28.3 Å².